The van der Waals surface area contributed by atoms with Crippen LogP contribution in [0.15, 0.2) is 12.1 Å². The monoisotopic (exact) mass is 272 g/mol. The van der Waals surface area contributed by atoms with Gasteiger partial charge in [-0.1, -0.05) is 19.1 Å². The molecule has 20 heavy (non-hydrogen) atoms. The molecule has 0 bridgehead atoms. The predicted octanol–water partition coefficient (Wildman–Crippen LogP) is 3.27. The van der Waals surface area contributed by atoms with Gasteiger partial charge in [0, 0.05) is 0 Å². The van der Waals surface area contributed by atoms with E-state index in [1.165, 1.54) is 11.1 Å². The van der Waals surface area contributed by atoms with E-state index in [9.17, 15) is 5.26 Å². The van der Waals surface area contributed by atoms with E-state index in [1.54, 1.807) is 0 Å². The van der Waals surface area contributed by atoms with Gasteiger partial charge in [-0.2, -0.15) is 5.26 Å². The van der Waals surface area contributed by atoms with Crippen LogP contribution in [0.4, 0.5) is 0 Å². The summed E-state index contributed by atoms with van der Waals surface area (Å²) in [6.45, 7) is 9.48. The first-order chi connectivity index (χ1) is 9.54. The Morgan fingerprint density at radius 3 is 2.50 bits per heavy atom. The lowest BCUT2D eigenvalue weighted by molar-refractivity contribution is 0.202. The Morgan fingerprint density at radius 2 is 1.95 bits per heavy atom. The normalized spacial score (nSPS) is 17.4. The highest BCUT2D eigenvalue weighted by molar-refractivity contribution is 5.44. The van der Waals surface area contributed by atoms with Crippen LogP contribution < -0.4 is 10.1 Å². The van der Waals surface area contributed by atoms with Crippen molar-refractivity contribution in [1.82, 2.24) is 5.32 Å². The SMILES string of the molecule is CCNC(C#N)(COc1c(C)ccc(C)c1C)C1CC1. The van der Waals surface area contributed by atoms with E-state index in [0.717, 1.165) is 30.7 Å². The van der Waals surface area contributed by atoms with Gasteiger partial charge in [0.05, 0.1) is 6.07 Å². The van der Waals surface area contributed by atoms with Crippen molar-refractivity contribution in [2.45, 2.75) is 46.1 Å². The third kappa shape index (κ3) is 2.81. The summed E-state index contributed by atoms with van der Waals surface area (Å²) in [5, 5.41) is 12.9. The summed E-state index contributed by atoms with van der Waals surface area (Å²) >= 11 is 0. The molecule has 1 aliphatic carbocycles. The van der Waals surface area contributed by atoms with Gasteiger partial charge in [-0.15, -0.1) is 0 Å². The number of likely N-dealkylation sites (N-methyl/N-ethyl adjacent to an activating group) is 1. The van der Waals surface area contributed by atoms with Gasteiger partial charge in [0.15, 0.2) is 0 Å². The smallest absolute Gasteiger partial charge is 0.143 e. The topological polar surface area (TPSA) is 45.0 Å². The van der Waals surface area contributed by atoms with Crippen molar-refractivity contribution in [1.29, 1.82) is 5.26 Å². The molecule has 1 aromatic carbocycles. The predicted molar refractivity (Wildman–Crippen MR) is 80.9 cm³/mol. The maximum absolute atomic E-state index is 9.60. The van der Waals surface area contributed by atoms with Gasteiger partial charge in [0.25, 0.3) is 0 Å². The molecule has 0 heterocycles. The fraction of sp³-hybridized carbons (Fsp3) is 0.588. The average molecular weight is 272 g/mol. The van der Waals surface area contributed by atoms with Crippen molar-refractivity contribution in [2.24, 2.45) is 5.92 Å². The molecular weight excluding hydrogens is 248 g/mol. The number of nitriles is 1. The highest BCUT2D eigenvalue weighted by atomic mass is 16.5. The van der Waals surface area contributed by atoms with Crippen LogP contribution in [0.25, 0.3) is 0 Å². The highest BCUT2D eigenvalue weighted by Gasteiger charge is 2.46. The van der Waals surface area contributed by atoms with Crippen molar-refractivity contribution in [3.63, 3.8) is 0 Å². The zero-order chi connectivity index (χ0) is 14.8. The molecular formula is C17H24N2O. The van der Waals surface area contributed by atoms with Gasteiger partial charge in [-0.25, -0.2) is 0 Å². The third-order valence-corrected chi connectivity index (χ3v) is 4.28. The molecule has 3 nitrogen and oxygen atoms in total. The lowest BCUT2D eigenvalue weighted by atomic mass is 9.96. The molecule has 0 radical (unpaired) electrons. The van der Waals surface area contributed by atoms with Crippen LogP contribution in [0.3, 0.4) is 0 Å². The van der Waals surface area contributed by atoms with Crippen LogP contribution in [0.1, 0.15) is 36.5 Å². The minimum Gasteiger partial charge on any atom is -0.490 e. The summed E-state index contributed by atoms with van der Waals surface area (Å²) in [5.41, 5.74) is 3.00. The number of nitrogens with zero attached hydrogens (tertiary/aromatic N) is 1. The fourth-order valence-corrected chi connectivity index (χ4v) is 2.70. The van der Waals surface area contributed by atoms with Crippen LogP contribution in [-0.2, 0) is 0 Å². The van der Waals surface area contributed by atoms with Gasteiger partial charge in [-0.05, 0) is 62.8 Å². The fourth-order valence-electron chi connectivity index (χ4n) is 2.70. The quantitative estimate of drug-likeness (QED) is 0.864. The molecule has 0 aliphatic heterocycles. The van der Waals surface area contributed by atoms with E-state index < -0.39 is 5.54 Å². The van der Waals surface area contributed by atoms with E-state index in [4.69, 9.17) is 4.74 Å². The van der Waals surface area contributed by atoms with E-state index in [0.29, 0.717) is 12.5 Å². The minimum atomic E-state index is -0.530. The maximum Gasteiger partial charge on any atom is 0.143 e. The summed E-state index contributed by atoms with van der Waals surface area (Å²) in [6, 6.07) is 6.66. The summed E-state index contributed by atoms with van der Waals surface area (Å²) in [5.74, 6) is 1.36. The average Bonchev–Trinajstić information content (AvgIpc) is 3.27. The second-order valence-corrected chi connectivity index (χ2v) is 5.83. The third-order valence-electron chi connectivity index (χ3n) is 4.28. The van der Waals surface area contributed by atoms with Crippen LogP contribution in [0, 0.1) is 38.0 Å². The van der Waals surface area contributed by atoms with Crippen molar-refractivity contribution in [3.05, 3.63) is 28.8 Å². The van der Waals surface area contributed by atoms with Crippen LogP contribution in [0.2, 0.25) is 0 Å². The molecule has 1 fully saturated rings. The van der Waals surface area contributed by atoms with Crippen molar-refractivity contribution >= 4 is 0 Å². The number of rotatable bonds is 6. The lowest BCUT2D eigenvalue weighted by Gasteiger charge is -2.28. The molecule has 1 aliphatic rings. The van der Waals surface area contributed by atoms with Gasteiger partial charge < -0.3 is 4.74 Å². The molecule has 0 spiro atoms. The van der Waals surface area contributed by atoms with Gasteiger partial charge >= 0.3 is 0 Å². The van der Waals surface area contributed by atoms with Crippen molar-refractivity contribution < 1.29 is 4.74 Å². The molecule has 1 saturated carbocycles. The van der Waals surface area contributed by atoms with E-state index >= 15 is 0 Å². The second kappa shape index (κ2) is 5.85. The summed E-state index contributed by atoms with van der Waals surface area (Å²) in [4.78, 5) is 0. The Kier molecular flexibility index (Phi) is 4.35. The van der Waals surface area contributed by atoms with E-state index in [1.807, 2.05) is 6.92 Å². The number of nitrogens with one attached hydrogen (secondary N) is 1. The molecule has 1 aromatic rings. The molecule has 0 amide bonds. The molecule has 1 N–H and O–H groups in total. The summed E-state index contributed by atoms with van der Waals surface area (Å²) in [7, 11) is 0. The maximum atomic E-state index is 9.60. The number of benzene rings is 1. The second-order valence-electron chi connectivity index (χ2n) is 5.83. The molecule has 2 rings (SSSR count). The number of aryl methyl sites for hydroxylation is 2. The van der Waals surface area contributed by atoms with Gasteiger partial charge in [0.1, 0.15) is 17.9 Å². The number of hydrogen-bond acceptors (Lipinski definition) is 3. The molecule has 108 valence electrons. The molecule has 0 saturated heterocycles. The Morgan fingerprint density at radius 1 is 1.30 bits per heavy atom. The molecule has 0 aromatic heterocycles. The van der Waals surface area contributed by atoms with Crippen LogP contribution in [0.5, 0.6) is 5.75 Å². The van der Waals surface area contributed by atoms with Gasteiger partial charge in [0.2, 0.25) is 0 Å². The lowest BCUT2D eigenvalue weighted by Crippen LogP contribution is -2.51. The molecule has 1 atom stereocenters. The standard InChI is InChI=1S/C17H24N2O/c1-5-19-17(10-18,15-8-9-15)11-20-16-13(3)7-6-12(2)14(16)4/h6-7,15,19H,5,8-9,11H2,1-4H3. The van der Waals surface area contributed by atoms with E-state index in [-0.39, 0.29) is 0 Å². The molecule has 3 heteroatoms. The zero-order valence-corrected chi connectivity index (χ0v) is 12.9. The Balaban J connectivity index is 2.18. The summed E-state index contributed by atoms with van der Waals surface area (Å²) in [6.07, 6.45) is 2.24. The Bertz CT molecular complexity index is 529. The first kappa shape index (κ1) is 14.9. The molecule has 1 unspecified atom stereocenters. The van der Waals surface area contributed by atoms with Crippen molar-refractivity contribution in [3.8, 4) is 11.8 Å². The van der Waals surface area contributed by atoms with E-state index in [2.05, 4.69) is 44.3 Å². The number of hydrogen-bond donors (Lipinski definition) is 1. The largest absolute Gasteiger partial charge is 0.490 e. The van der Waals surface area contributed by atoms with Crippen LogP contribution in [-0.4, -0.2) is 18.7 Å². The zero-order valence-electron chi connectivity index (χ0n) is 12.9. The van der Waals surface area contributed by atoms with Crippen LogP contribution >= 0.6 is 0 Å². The highest BCUT2D eigenvalue weighted by Crippen LogP contribution is 2.40. The Hall–Kier alpha value is -1.53. The minimum absolute atomic E-state index is 0.424. The Labute approximate surface area is 121 Å². The first-order valence-corrected chi connectivity index (χ1v) is 7.40. The van der Waals surface area contributed by atoms with Gasteiger partial charge in [-0.3, -0.25) is 5.32 Å². The number of ether oxygens (including phenoxy) is 1. The first-order valence-electron chi connectivity index (χ1n) is 7.40. The van der Waals surface area contributed by atoms with Crippen molar-refractivity contribution in [2.75, 3.05) is 13.2 Å². The summed E-state index contributed by atoms with van der Waals surface area (Å²) < 4.78 is 6.07.